The summed E-state index contributed by atoms with van der Waals surface area (Å²) in [6.07, 6.45) is 3.79. The molecule has 0 radical (unpaired) electrons. The van der Waals surface area contributed by atoms with E-state index in [1.54, 1.807) is 0 Å². The number of fused-ring (bicyclic) bond motifs is 8. The van der Waals surface area contributed by atoms with Gasteiger partial charge >= 0.3 is 0 Å². The Morgan fingerprint density at radius 2 is 1.22 bits per heavy atom. The van der Waals surface area contributed by atoms with E-state index in [0.717, 1.165) is 11.4 Å². The van der Waals surface area contributed by atoms with Crippen molar-refractivity contribution in [2.24, 2.45) is 0 Å². The lowest BCUT2D eigenvalue weighted by atomic mass is 10.0. The molecule has 0 aliphatic heterocycles. The predicted molar refractivity (Wildman–Crippen MR) is 150 cm³/mol. The minimum atomic E-state index is 1.07. The van der Waals surface area contributed by atoms with Gasteiger partial charge in [0.05, 0.1) is 34.0 Å². The molecule has 0 N–H and O–H groups in total. The van der Waals surface area contributed by atoms with Gasteiger partial charge in [-0.3, -0.25) is 4.98 Å². The molecule has 8 rings (SSSR count). The maximum Gasteiger partial charge on any atom is 0.0645 e. The highest BCUT2D eigenvalue weighted by molar-refractivity contribution is 6.27. The molecule has 0 amide bonds. The molecule has 36 heavy (non-hydrogen) atoms. The van der Waals surface area contributed by atoms with Crippen molar-refractivity contribution in [2.75, 3.05) is 0 Å². The molecule has 0 saturated carbocycles. The number of para-hydroxylation sites is 2. The molecular weight excluding hydrogens is 438 g/mol. The molecule has 0 fully saturated rings. The summed E-state index contributed by atoms with van der Waals surface area (Å²) in [6, 6.07) is 41.4. The van der Waals surface area contributed by atoms with Gasteiger partial charge in [-0.25, -0.2) is 0 Å². The van der Waals surface area contributed by atoms with Gasteiger partial charge in [-0.1, -0.05) is 66.7 Å². The largest absolute Gasteiger partial charge is 0.309 e. The summed E-state index contributed by atoms with van der Waals surface area (Å²) in [5, 5.41) is 7.51. The SMILES string of the molecule is c1ccc(-n2c3cc4ccccc4cc3c3c2ccc2c4ccccc4n(-c4cccnc4)c23)cc1. The van der Waals surface area contributed by atoms with E-state index < -0.39 is 0 Å². The zero-order valence-electron chi connectivity index (χ0n) is 19.5. The van der Waals surface area contributed by atoms with Gasteiger partial charge < -0.3 is 9.13 Å². The predicted octanol–water partition coefficient (Wildman–Crippen LogP) is 8.43. The van der Waals surface area contributed by atoms with Crippen molar-refractivity contribution in [2.45, 2.75) is 0 Å². The van der Waals surface area contributed by atoms with Crippen LogP contribution in [0.2, 0.25) is 0 Å². The average molecular weight is 460 g/mol. The highest BCUT2D eigenvalue weighted by Gasteiger charge is 2.21. The van der Waals surface area contributed by atoms with Crippen molar-refractivity contribution in [3.05, 3.63) is 128 Å². The Hall–Kier alpha value is -4.89. The molecule has 0 aliphatic carbocycles. The smallest absolute Gasteiger partial charge is 0.0645 e. The van der Waals surface area contributed by atoms with Crippen molar-refractivity contribution in [3.8, 4) is 11.4 Å². The van der Waals surface area contributed by atoms with Crippen LogP contribution in [0.3, 0.4) is 0 Å². The fourth-order valence-electron chi connectivity index (χ4n) is 5.85. The van der Waals surface area contributed by atoms with E-state index in [4.69, 9.17) is 0 Å². The molecule has 0 unspecified atom stereocenters. The Labute approximate surface area is 207 Å². The third-order valence-electron chi connectivity index (χ3n) is 7.35. The summed E-state index contributed by atoms with van der Waals surface area (Å²) >= 11 is 0. The number of hydrogen-bond donors (Lipinski definition) is 0. The molecule has 5 aromatic carbocycles. The van der Waals surface area contributed by atoms with Crippen LogP contribution in [0.4, 0.5) is 0 Å². The summed E-state index contributed by atoms with van der Waals surface area (Å²) in [4.78, 5) is 4.46. The fourth-order valence-corrected chi connectivity index (χ4v) is 5.85. The van der Waals surface area contributed by atoms with Gasteiger partial charge in [-0.05, 0) is 59.3 Å². The maximum absolute atomic E-state index is 4.46. The first kappa shape index (κ1) is 19.4. The maximum atomic E-state index is 4.46. The molecule has 0 spiro atoms. The molecule has 0 aliphatic rings. The lowest BCUT2D eigenvalue weighted by Crippen LogP contribution is -1.95. The van der Waals surface area contributed by atoms with E-state index in [9.17, 15) is 0 Å². The first-order chi connectivity index (χ1) is 17.9. The second-order valence-corrected chi connectivity index (χ2v) is 9.31. The molecule has 0 atom stereocenters. The minimum absolute atomic E-state index is 1.07. The number of benzene rings is 5. The van der Waals surface area contributed by atoms with Crippen molar-refractivity contribution in [1.29, 1.82) is 0 Å². The van der Waals surface area contributed by atoms with E-state index in [0.29, 0.717) is 0 Å². The van der Waals surface area contributed by atoms with Crippen molar-refractivity contribution in [3.63, 3.8) is 0 Å². The Bertz CT molecular complexity index is 2080. The van der Waals surface area contributed by atoms with Gasteiger partial charge in [0, 0.05) is 33.4 Å². The van der Waals surface area contributed by atoms with Gasteiger partial charge in [0.25, 0.3) is 0 Å². The number of hydrogen-bond acceptors (Lipinski definition) is 1. The van der Waals surface area contributed by atoms with E-state index in [1.165, 1.54) is 54.4 Å². The summed E-state index contributed by atoms with van der Waals surface area (Å²) < 4.78 is 4.78. The highest BCUT2D eigenvalue weighted by Crippen LogP contribution is 2.42. The number of pyridine rings is 1. The molecule has 8 aromatic rings. The summed E-state index contributed by atoms with van der Waals surface area (Å²) in [5.74, 6) is 0. The van der Waals surface area contributed by atoms with E-state index in [1.807, 2.05) is 18.5 Å². The summed E-state index contributed by atoms with van der Waals surface area (Å²) in [7, 11) is 0. The molecule has 3 heteroatoms. The van der Waals surface area contributed by atoms with E-state index in [2.05, 4.69) is 123 Å². The first-order valence-electron chi connectivity index (χ1n) is 12.2. The van der Waals surface area contributed by atoms with Gasteiger partial charge in [0.2, 0.25) is 0 Å². The monoisotopic (exact) mass is 459 g/mol. The third-order valence-corrected chi connectivity index (χ3v) is 7.35. The number of nitrogens with zero attached hydrogens (tertiary/aromatic N) is 3. The molecule has 0 saturated heterocycles. The number of rotatable bonds is 2. The molecule has 3 heterocycles. The summed E-state index contributed by atoms with van der Waals surface area (Å²) in [6.45, 7) is 0. The van der Waals surface area contributed by atoms with E-state index in [-0.39, 0.29) is 0 Å². The zero-order chi connectivity index (χ0) is 23.6. The Kier molecular flexibility index (Phi) is 3.94. The Balaban J connectivity index is 1.68. The summed E-state index contributed by atoms with van der Waals surface area (Å²) in [5.41, 5.74) is 7.05. The normalized spacial score (nSPS) is 11.9. The molecule has 168 valence electrons. The van der Waals surface area contributed by atoms with Crippen molar-refractivity contribution < 1.29 is 0 Å². The highest BCUT2D eigenvalue weighted by atomic mass is 15.0. The molecule has 0 bridgehead atoms. The van der Waals surface area contributed by atoms with Crippen LogP contribution in [0, 0.1) is 0 Å². The van der Waals surface area contributed by atoms with Gasteiger partial charge in [-0.15, -0.1) is 0 Å². The van der Waals surface area contributed by atoms with Crippen molar-refractivity contribution >= 4 is 54.4 Å². The molecular formula is C33H21N3. The zero-order valence-corrected chi connectivity index (χ0v) is 19.5. The van der Waals surface area contributed by atoms with Crippen LogP contribution in [-0.2, 0) is 0 Å². The van der Waals surface area contributed by atoms with Crippen LogP contribution in [-0.4, -0.2) is 14.1 Å². The minimum Gasteiger partial charge on any atom is -0.309 e. The second-order valence-electron chi connectivity index (χ2n) is 9.31. The Morgan fingerprint density at radius 3 is 2.06 bits per heavy atom. The lowest BCUT2D eigenvalue weighted by Gasteiger charge is -2.09. The fraction of sp³-hybridized carbons (Fsp3) is 0. The third kappa shape index (κ3) is 2.60. The van der Waals surface area contributed by atoms with Gasteiger partial charge in [0.1, 0.15) is 0 Å². The van der Waals surface area contributed by atoms with Crippen LogP contribution in [0.15, 0.2) is 128 Å². The first-order valence-corrected chi connectivity index (χ1v) is 12.2. The quantitative estimate of drug-likeness (QED) is 0.254. The van der Waals surface area contributed by atoms with E-state index >= 15 is 0 Å². The number of aromatic nitrogens is 3. The molecule has 3 nitrogen and oxygen atoms in total. The van der Waals surface area contributed by atoms with Crippen LogP contribution >= 0.6 is 0 Å². The van der Waals surface area contributed by atoms with Gasteiger partial charge in [-0.2, -0.15) is 0 Å². The topological polar surface area (TPSA) is 22.8 Å². The van der Waals surface area contributed by atoms with Crippen LogP contribution < -0.4 is 0 Å². The van der Waals surface area contributed by atoms with Gasteiger partial charge in [0.15, 0.2) is 0 Å². The average Bonchev–Trinajstić information content (AvgIpc) is 3.45. The van der Waals surface area contributed by atoms with Crippen LogP contribution in [0.25, 0.3) is 65.8 Å². The standard InChI is InChI=1S/C33H21N3/c1-2-11-24(12-3-1)35-30-17-16-27-26-14-6-7-15-29(26)36(25-13-8-18-34-21-25)33(27)32(30)28-19-22-9-4-5-10-23(22)20-31(28)35/h1-21H. The second kappa shape index (κ2) is 7.30. The van der Waals surface area contributed by atoms with Crippen LogP contribution in [0.1, 0.15) is 0 Å². The van der Waals surface area contributed by atoms with Crippen LogP contribution in [0.5, 0.6) is 0 Å². The molecule has 3 aromatic heterocycles. The Morgan fingerprint density at radius 1 is 0.472 bits per heavy atom. The van der Waals surface area contributed by atoms with Crippen molar-refractivity contribution in [1.82, 2.24) is 14.1 Å². The lowest BCUT2D eigenvalue weighted by molar-refractivity contribution is 1.14.